The van der Waals surface area contributed by atoms with Crippen LogP contribution in [0.1, 0.15) is 28.2 Å². The van der Waals surface area contributed by atoms with E-state index in [0.717, 1.165) is 13.0 Å². The molecular formula is C10H15NS. The maximum atomic E-state index is 5.47. The lowest BCUT2D eigenvalue weighted by Crippen LogP contribution is -1.99. The van der Waals surface area contributed by atoms with Crippen molar-refractivity contribution < 1.29 is 0 Å². The van der Waals surface area contributed by atoms with Gasteiger partial charge in [-0.25, -0.2) is 0 Å². The van der Waals surface area contributed by atoms with Gasteiger partial charge in [0.2, 0.25) is 0 Å². The highest BCUT2D eigenvalue weighted by atomic mass is 32.1. The van der Waals surface area contributed by atoms with E-state index in [1.54, 1.807) is 15.3 Å². The SMILES string of the molecule is NCCCc1cc2c(s1)CCC2. The third kappa shape index (κ3) is 1.54. The Morgan fingerprint density at radius 3 is 3.08 bits per heavy atom. The van der Waals surface area contributed by atoms with E-state index in [2.05, 4.69) is 6.07 Å². The molecule has 0 unspecified atom stereocenters. The average molecular weight is 181 g/mol. The monoisotopic (exact) mass is 181 g/mol. The lowest BCUT2D eigenvalue weighted by Gasteiger charge is -1.93. The molecule has 1 aliphatic carbocycles. The number of thiophene rings is 1. The molecule has 0 amide bonds. The first kappa shape index (κ1) is 8.27. The summed E-state index contributed by atoms with van der Waals surface area (Å²) in [6.45, 7) is 0.822. The minimum absolute atomic E-state index is 0.822. The van der Waals surface area contributed by atoms with E-state index in [4.69, 9.17) is 5.73 Å². The molecule has 1 aliphatic rings. The molecule has 1 heterocycles. The van der Waals surface area contributed by atoms with Crippen molar-refractivity contribution in [2.24, 2.45) is 5.73 Å². The molecule has 2 heteroatoms. The largest absolute Gasteiger partial charge is 0.330 e. The summed E-state index contributed by atoms with van der Waals surface area (Å²) in [6.07, 6.45) is 6.34. The molecule has 0 saturated heterocycles. The van der Waals surface area contributed by atoms with Gasteiger partial charge in [-0.15, -0.1) is 11.3 Å². The number of fused-ring (bicyclic) bond motifs is 1. The molecule has 2 rings (SSSR count). The highest BCUT2D eigenvalue weighted by Gasteiger charge is 2.13. The fraction of sp³-hybridized carbons (Fsp3) is 0.600. The standard InChI is InChI=1S/C10H15NS/c11-6-2-4-9-7-8-3-1-5-10(8)12-9/h7H,1-6,11H2. The Labute approximate surface area is 77.6 Å². The van der Waals surface area contributed by atoms with Crippen LogP contribution in [0.5, 0.6) is 0 Å². The van der Waals surface area contributed by atoms with Gasteiger partial charge in [-0.2, -0.15) is 0 Å². The van der Waals surface area contributed by atoms with Crippen LogP contribution in [0.15, 0.2) is 6.07 Å². The summed E-state index contributed by atoms with van der Waals surface area (Å²) < 4.78 is 0. The summed E-state index contributed by atoms with van der Waals surface area (Å²) in [7, 11) is 0. The normalized spacial score (nSPS) is 15.1. The molecule has 1 aromatic rings. The van der Waals surface area contributed by atoms with Crippen molar-refractivity contribution in [3.63, 3.8) is 0 Å². The summed E-state index contributed by atoms with van der Waals surface area (Å²) in [5.41, 5.74) is 7.09. The summed E-state index contributed by atoms with van der Waals surface area (Å²) in [5.74, 6) is 0. The van der Waals surface area contributed by atoms with Gasteiger partial charge in [-0.3, -0.25) is 0 Å². The van der Waals surface area contributed by atoms with E-state index in [-0.39, 0.29) is 0 Å². The molecule has 0 saturated carbocycles. The van der Waals surface area contributed by atoms with Gasteiger partial charge < -0.3 is 5.73 Å². The van der Waals surface area contributed by atoms with Crippen LogP contribution in [0.3, 0.4) is 0 Å². The highest BCUT2D eigenvalue weighted by Crippen LogP contribution is 2.30. The van der Waals surface area contributed by atoms with E-state index in [1.807, 2.05) is 11.3 Å². The van der Waals surface area contributed by atoms with E-state index in [1.165, 1.54) is 25.7 Å². The molecule has 1 aromatic heterocycles. The second kappa shape index (κ2) is 3.58. The molecule has 2 N–H and O–H groups in total. The lowest BCUT2D eigenvalue weighted by atomic mass is 10.2. The number of rotatable bonds is 3. The number of aryl methyl sites for hydroxylation is 3. The van der Waals surface area contributed by atoms with Crippen LogP contribution in [0, 0.1) is 0 Å². The summed E-state index contributed by atoms with van der Waals surface area (Å²) in [5, 5.41) is 0. The zero-order valence-electron chi connectivity index (χ0n) is 7.31. The van der Waals surface area contributed by atoms with Gasteiger partial charge in [-0.05, 0) is 50.3 Å². The first-order valence-electron chi connectivity index (χ1n) is 4.70. The summed E-state index contributed by atoms with van der Waals surface area (Å²) >= 11 is 2.01. The quantitative estimate of drug-likeness (QED) is 0.759. The fourth-order valence-electron chi connectivity index (χ4n) is 1.79. The van der Waals surface area contributed by atoms with Crippen molar-refractivity contribution in [1.82, 2.24) is 0 Å². The van der Waals surface area contributed by atoms with E-state index < -0.39 is 0 Å². The van der Waals surface area contributed by atoms with Gasteiger partial charge in [0.15, 0.2) is 0 Å². The Kier molecular flexibility index (Phi) is 2.47. The van der Waals surface area contributed by atoms with Gasteiger partial charge in [0.1, 0.15) is 0 Å². The second-order valence-electron chi connectivity index (χ2n) is 3.41. The van der Waals surface area contributed by atoms with E-state index in [9.17, 15) is 0 Å². The van der Waals surface area contributed by atoms with Gasteiger partial charge in [-0.1, -0.05) is 0 Å². The third-order valence-electron chi connectivity index (χ3n) is 2.42. The molecular weight excluding hydrogens is 166 g/mol. The zero-order chi connectivity index (χ0) is 8.39. The smallest absolute Gasteiger partial charge is 0.00802 e. The minimum Gasteiger partial charge on any atom is -0.330 e. The first-order chi connectivity index (χ1) is 5.90. The van der Waals surface area contributed by atoms with Crippen molar-refractivity contribution in [3.8, 4) is 0 Å². The zero-order valence-corrected chi connectivity index (χ0v) is 8.12. The predicted octanol–water partition coefficient (Wildman–Crippen LogP) is 2.13. The Hall–Kier alpha value is -0.340. The molecule has 0 atom stereocenters. The van der Waals surface area contributed by atoms with E-state index in [0.29, 0.717) is 0 Å². The Bertz CT molecular complexity index is 243. The van der Waals surface area contributed by atoms with Crippen molar-refractivity contribution in [1.29, 1.82) is 0 Å². The Morgan fingerprint density at radius 1 is 1.42 bits per heavy atom. The number of nitrogens with two attached hydrogens (primary N) is 1. The van der Waals surface area contributed by atoms with Gasteiger partial charge >= 0.3 is 0 Å². The Balaban J connectivity index is 2.05. The van der Waals surface area contributed by atoms with Gasteiger partial charge in [0, 0.05) is 9.75 Å². The van der Waals surface area contributed by atoms with Crippen LogP contribution in [-0.4, -0.2) is 6.54 Å². The van der Waals surface area contributed by atoms with E-state index >= 15 is 0 Å². The van der Waals surface area contributed by atoms with Crippen LogP contribution in [0.4, 0.5) is 0 Å². The topological polar surface area (TPSA) is 26.0 Å². The maximum Gasteiger partial charge on any atom is 0.00802 e. The maximum absolute atomic E-state index is 5.47. The summed E-state index contributed by atoms with van der Waals surface area (Å²) in [6, 6.07) is 2.39. The molecule has 0 fully saturated rings. The number of hydrogen-bond donors (Lipinski definition) is 1. The van der Waals surface area contributed by atoms with Crippen LogP contribution in [0.2, 0.25) is 0 Å². The average Bonchev–Trinajstić information content (AvgIpc) is 2.58. The molecule has 0 aromatic carbocycles. The molecule has 0 bridgehead atoms. The fourth-order valence-corrected chi connectivity index (χ4v) is 3.09. The first-order valence-corrected chi connectivity index (χ1v) is 5.52. The molecule has 66 valence electrons. The minimum atomic E-state index is 0.822. The lowest BCUT2D eigenvalue weighted by molar-refractivity contribution is 0.841. The molecule has 0 aliphatic heterocycles. The molecule has 1 nitrogen and oxygen atoms in total. The third-order valence-corrected chi connectivity index (χ3v) is 3.72. The second-order valence-corrected chi connectivity index (χ2v) is 4.63. The van der Waals surface area contributed by atoms with Crippen molar-refractivity contribution in [2.75, 3.05) is 6.54 Å². The van der Waals surface area contributed by atoms with Crippen LogP contribution in [0.25, 0.3) is 0 Å². The van der Waals surface area contributed by atoms with Crippen LogP contribution in [-0.2, 0) is 19.3 Å². The van der Waals surface area contributed by atoms with Crippen molar-refractivity contribution in [2.45, 2.75) is 32.1 Å². The highest BCUT2D eigenvalue weighted by molar-refractivity contribution is 7.12. The van der Waals surface area contributed by atoms with Crippen molar-refractivity contribution in [3.05, 3.63) is 21.4 Å². The van der Waals surface area contributed by atoms with Gasteiger partial charge in [0.05, 0.1) is 0 Å². The molecule has 12 heavy (non-hydrogen) atoms. The van der Waals surface area contributed by atoms with Crippen molar-refractivity contribution >= 4 is 11.3 Å². The predicted molar refractivity (Wildman–Crippen MR) is 53.7 cm³/mol. The molecule has 0 radical (unpaired) electrons. The summed E-state index contributed by atoms with van der Waals surface area (Å²) in [4.78, 5) is 3.19. The number of hydrogen-bond acceptors (Lipinski definition) is 2. The Morgan fingerprint density at radius 2 is 2.33 bits per heavy atom. The molecule has 0 spiro atoms. The van der Waals surface area contributed by atoms with Gasteiger partial charge in [0.25, 0.3) is 0 Å². The van der Waals surface area contributed by atoms with Crippen LogP contribution < -0.4 is 5.73 Å². The van der Waals surface area contributed by atoms with Crippen LogP contribution >= 0.6 is 11.3 Å².